The lowest BCUT2D eigenvalue weighted by Gasteiger charge is -2.19. The number of carbonyl (C=O) groups excluding carboxylic acids is 1. The molecule has 0 aromatic rings. The molecule has 78 valence electrons. The molecule has 2 N–H and O–H groups in total. The lowest BCUT2D eigenvalue weighted by molar-refractivity contribution is -0.319. The van der Waals surface area contributed by atoms with Gasteiger partial charge < -0.3 is 14.9 Å². The number of hydrogen-bond acceptors (Lipinski definition) is 4. The van der Waals surface area contributed by atoms with Crippen molar-refractivity contribution in [1.82, 2.24) is 0 Å². The average Bonchev–Trinajstić information content (AvgIpc) is 2.04. The van der Waals surface area contributed by atoms with Crippen LogP contribution in [0.3, 0.4) is 0 Å². The van der Waals surface area contributed by atoms with Crippen LogP contribution in [0, 0.1) is 0 Å². The van der Waals surface area contributed by atoms with Crippen LogP contribution < -0.4 is 0 Å². The minimum absolute atomic E-state index is 0.0213. The maximum Gasteiger partial charge on any atom is 0.323 e. The fourth-order valence-corrected chi connectivity index (χ4v) is 0.825. The smallest absolute Gasteiger partial charge is 0.323 e. The zero-order chi connectivity index (χ0) is 10.3. The zero-order valence-corrected chi connectivity index (χ0v) is 8.25. The van der Waals surface area contributed by atoms with Crippen molar-refractivity contribution in [2.24, 2.45) is 0 Å². The monoisotopic (exact) mass is 190 g/mol. The predicted molar refractivity (Wildman–Crippen MR) is 47.7 cm³/mol. The first-order valence-corrected chi connectivity index (χ1v) is 4.68. The van der Waals surface area contributed by atoms with Crippen LogP contribution in [0.5, 0.6) is 0 Å². The molecule has 13 heavy (non-hydrogen) atoms. The highest BCUT2D eigenvalue weighted by atomic mass is 16.8. The van der Waals surface area contributed by atoms with E-state index in [0.29, 0.717) is 0 Å². The molecule has 4 nitrogen and oxygen atoms in total. The van der Waals surface area contributed by atoms with Gasteiger partial charge in [0.25, 0.3) is 0 Å². The largest absolute Gasteiger partial charge is 0.408 e. The number of unbranched alkanes of at least 4 members (excludes halogenated alkanes) is 2. The molecule has 0 heterocycles. The molecule has 0 aliphatic rings. The number of esters is 1. The fraction of sp³-hybridized carbons (Fsp3) is 0.889. The molecular formula is C9H18O4. The maximum atomic E-state index is 11.0. The number of aliphatic hydroxyl groups is 2. The number of carbonyl (C=O) groups is 1. The summed E-state index contributed by atoms with van der Waals surface area (Å²) in [6.45, 7) is 3.55. The first-order valence-electron chi connectivity index (χ1n) is 4.68. The van der Waals surface area contributed by atoms with Crippen molar-refractivity contribution in [3.05, 3.63) is 0 Å². The Bertz CT molecular complexity index is 154. The number of ether oxygens (including phenoxy) is 1. The van der Waals surface area contributed by atoms with Crippen LogP contribution in [-0.2, 0) is 9.53 Å². The molecular weight excluding hydrogens is 172 g/mol. The fourth-order valence-electron chi connectivity index (χ4n) is 0.825. The van der Waals surface area contributed by atoms with Crippen LogP contribution in [0.15, 0.2) is 0 Å². The summed E-state index contributed by atoms with van der Waals surface area (Å²) in [7, 11) is 0. The molecule has 0 aromatic heterocycles. The zero-order valence-electron chi connectivity index (χ0n) is 8.25. The highest BCUT2D eigenvalue weighted by Gasteiger charge is 2.25. The Balaban J connectivity index is 3.62. The molecule has 0 atom stereocenters. The predicted octanol–water partition coefficient (Wildman–Crippen LogP) is 1.16. The minimum atomic E-state index is -2.29. The van der Waals surface area contributed by atoms with Gasteiger partial charge in [-0.25, -0.2) is 0 Å². The third-order valence-electron chi connectivity index (χ3n) is 1.72. The van der Waals surface area contributed by atoms with Crippen LogP contribution in [0.2, 0.25) is 0 Å². The molecule has 0 rings (SSSR count). The van der Waals surface area contributed by atoms with E-state index in [9.17, 15) is 4.79 Å². The Morgan fingerprint density at radius 3 is 2.38 bits per heavy atom. The second kappa shape index (κ2) is 5.94. The van der Waals surface area contributed by atoms with Crippen molar-refractivity contribution in [3.8, 4) is 0 Å². The maximum absolute atomic E-state index is 11.0. The van der Waals surface area contributed by atoms with E-state index >= 15 is 0 Å². The van der Waals surface area contributed by atoms with Crippen molar-refractivity contribution >= 4 is 5.97 Å². The van der Waals surface area contributed by atoms with Gasteiger partial charge in [0.2, 0.25) is 0 Å². The van der Waals surface area contributed by atoms with Gasteiger partial charge in [0.1, 0.15) is 0 Å². The van der Waals surface area contributed by atoms with Crippen molar-refractivity contribution in [3.63, 3.8) is 0 Å². The molecule has 0 saturated carbocycles. The van der Waals surface area contributed by atoms with Crippen molar-refractivity contribution < 1.29 is 19.7 Å². The molecule has 0 aliphatic heterocycles. The minimum Gasteiger partial charge on any atom is -0.408 e. The molecule has 0 spiro atoms. The Labute approximate surface area is 78.5 Å². The van der Waals surface area contributed by atoms with E-state index in [4.69, 9.17) is 10.2 Å². The lowest BCUT2D eigenvalue weighted by Crippen LogP contribution is -2.33. The normalized spacial score (nSPS) is 11.4. The molecule has 0 aliphatic carbocycles. The van der Waals surface area contributed by atoms with E-state index in [1.54, 1.807) is 0 Å². The summed E-state index contributed by atoms with van der Waals surface area (Å²) in [5, 5.41) is 17.9. The van der Waals surface area contributed by atoms with Gasteiger partial charge in [-0.2, -0.15) is 0 Å². The first-order chi connectivity index (χ1) is 6.02. The quantitative estimate of drug-likeness (QED) is 0.374. The van der Waals surface area contributed by atoms with E-state index in [-0.39, 0.29) is 12.8 Å². The van der Waals surface area contributed by atoms with Crippen LogP contribution in [0.1, 0.15) is 46.0 Å². The highest BCUT2D eigenvalue weighted by molar-refractivity contribution is 5.69. The Hall–Kier alpha value is -0.610. The van der Waals surface area contributed by atoms with Gasteiger partial charge in [-0.05, 0) is 6.42 Å². The highest BCUT2D eigenvalue weighted by Crippen LogP contribution is 2.10. The van der Waals surface area contributed by atoms with Gasteiger partial charge in [-0.3, -0.25) is 4.79 Å². The number of hydrogen-bond donors (Lipinski definition) is 2. The SMILES string of the molecule is CCCCCC(=O)OC(O)(O)CC. The van der Waals surface area contributed by atoms with Gasteiger partial charge in [0, 0.05) is 12.8 Å². The summed E-state index contributed by atoms with van der Waals surface area (Å²) in [5.41, 5.74) is 0. The van der Waals surface area contributed by atoms with Crippen LogP contribution in [0.25, 0.3) is 0 Å². The van der Waals surface area contributed by atoms with Crippen LogP contribution in [0.4, 0.5) is 0 Å². The average molecular weight is 190 g/mol. The van der Waals surface area contributed by atoms with Crippen molar-refractivity contribution in [1.29, 1.82) is 0 Å². The first kappa shape index (κ1) is 12.4. The standard InChI is InChI=1S/C9H18O4/c1-3-5-6-7-8(10)13-9(11,12)4-2/h11-12H,3-7H2,1-2H3. The van der Waals surface area contributed by atoms with E-state index in [1.807, 2.05) is 6.92 Å². The molecule has 0 fully saturated rings. The Morgan fingerprint density at radius 2 is 1.92 bits per heavy atom. The summed E-state index contributed by atoms with van der Waals surface area (Å²) in [5.74, 6) is -2.84. The third-order valence-corrected chi connectivity index (χ3v) is 1.72. The summed E-state index contributed by atoms with van der Waals surface area (Å²) >= 11 is 0. The van der Waals surface area contributed by atoms with Crippen LogP contribution >= 0.6 is 0 Å². The van der Waals surface area contributed by atoms with Gasteiger partial charge in [0.15, 0.2) is 0 Å². The van der Waals surface area contributed by atoms with E-state index in [0.717, 1.165) is 19.3 Å². The summed E-state index contributed by atoms with van der Waals surface area (Å²) < 4.78 is 4.41. The molecule has 0 saturated heterocycles. The van der Waals surface area contributed by atoms with Crippen molar-refractivity contribution in [2.75, 3.05) is 0 Å². The van der Waals surface area contributed by atoms with E-state index in [2.05, 4.69) is 4.74 Å². The summed E-state index contributed by atoms with van der Waals surface area (Å²) in [6, 6.07) is 0. The molecule has 4 heteroatoms. The molecule has 0 unspecified atom stereocenters. The molecule has 0 radical (unpaired) electrons. The third kappa shape index (κ3) is 6.54. The Morgan fingerprint density at radius 1 is 1.31 bits per heavy atom. The van der Waals surface area contributed by atoms with Crippen LogP contribution in [-0.4, -0.2) is 22.2 Å². The van der Waals surface area contributed by atoms with Crippen molar-refractivity contribution in [2.45, 2.75) is 51.9 Å². The molecule has 0 aromatic carbocycles. The van der Waals surface area contributed by atoms with Gasteiger partial charge >= 0.3 is 11.9 Å². The lowest BCUT2D eigenvalue weighted by atomic mass is 10.2. The molecule has 0 bridgehead atoms. The topological polar surface area (TPSA) is 66.8 Å². The van der Waals surface area contributed by atoms with Gasteiger partial charge in [0.05, 0.1) is 0 Å². The molecule has 0 amide bonds. The van der Waals surface area contributed by atoms with E-state index < -0.39 is 11.9 Å². The summed E-state index contributed by atoms with van der Waals surface area (Å²) in [4.78, 5) is 11.0. The Kier molecular flexibility index (Phi) is 5.66. The van der Waals surface area contributed by atoms with E-state index in [1.165, 1.54) is 6.92 Å². The second-order valence-corrected chi connectivity index (χ2v) is 3.03. The van der Waals surface area contributed by atoms with Gasteiger partial charge in [-0.15, -0.1) is 0 Å². The number of rotatable bonds is 6. The van der Waals surface area contributed by atoms with Gasteiger partial charge in [-0.1, -0.05) is 26.7 Å². The second-order valence-electron chi connectivity index (χ2n) is 3.03. The summed E-state index contributed by atoms with van der Waals surface area (Å²) in [6.07, 6.45) is 2.92.